The van der Waals surface area contributed by atoms with Gasteiger partial charge in [0.1, 0.15) is 6.04 Å². The molecule has 0 saturated heterocycles. The first-order chi connectivity index (χ1) is 9.43. The van der Waals surface area contributed by atoms with E-state index in [0.29, 0.717) is 24.1 Å². The van der Waals surface area contributed by atoms with E-state index in [0.717, 1.165) is 0 Å². The smallest absolute Gasteiger partial charge is 0.326 e. The molecule has 0 heterocycles. The third-order valence-corrected chi connectivity index (χ3v) is 2.71. The van der Waals surface area contributed by atoms with Gasteiger partial charge in [-0.3, -0.25) is 4.79 Å². The zero-order valence-corrected chi connectivity index (χ0v) is 11.5. The molecule has 2 amide bonds. The molecular formula is C14H18N2O4. The lowest BCUT2D eigenvalue weighted by molar-refractivity contribution is -0.139. The van der Waals surface area contributed by atoms with Crippen LogP contribution in [0.25, 0.3) is 0 Å². The lowest BCUT2D eigenvalue weighted by Crippen LogP contribution is -2.42. The fraction of sp³-hybridized carbons (Fsp3) is 0.357. The highest BCUT2D eigenvalue weighted by atomic mass is 16.4. The van der Waals surface area contributed by atoms with Crippen molar-refractivity contribution < 1.29 is 19.5 Å². The fourth-order valence-electron chi connectivity index (χ4n) is 1.69. The van der Waals surface area contributed by atoms with Crippen LogP contribution in [0.15, 0.2) is 24.3 Å². The highest BCUT2D eigenvalue weighted by molar-refractivity contribution is 5.97. The molecule has 6 nitrogen and oxygen atoms in total. The molecule has 0 aliphatic carbocycles. The third-order valence-electron chi connectivity index (χ3n) is 2.71. The number of benzene rings is 1. The van der Waals surface area contributed by atoms with Gasteiger partial charge in [-0.05, 0) is 25.5 Å². The van der Waals surface area contributed by atoms with Gasteiger partial charge >= 0.3 is 12.0 Å². The van der Waals surface area contributed by atoms with Gasteiger partial charge in [-0.15, -0.1) is 0 Å². The van der Waals surface area contributed by atoms with Gasteiger partial charge in [0, 0.05) is 11.3 Å². The lowest BCUT2D eigenvalue weighted by Gasteiger charge is -2.14. The Kier molecular flexibility index (Phi) is 5.71. The second-order valence-electron chi connectivity index (χ2n) is 4.41. The molecule has 108 valence electrons. The fourth-order valence-corrected chi connectivity index (χ4v) is 1.69. The van der Waals surface area contributed by atoms with E-state index < -0.39 is 18.0 Å². The molecule has 6 heteroatoms. The number of amides is 2. The number of aliphatic carboxylic acids is 1. The van der Waals surface area contributed by atoms with E-state index in [1.165, 1.54) is 13.0 Å². The summed E-state index contributed by atoms with van der Waals surface area (Å²) < 4.78 is 0. The van der Waals surface area contributed by atoms with Crippen LogP contribution in [0.1, 0.15) is 37.0 Å². The Morgan fingerprint density at radius 2 is 2.00 bits per heavy atom. The second-order valence-corrected chi connectivity index (χ2v) is 4.41. The van der Waals surface area contributed by atoms with Gasteiger partial charge in [-0.1, -0.05) is 25.5 Å². The zero-order chi connectivity index (χ0) is 15.1. The summed E-state index contributed by atoms with van der Waals surface area (Å²) in [6.07, 6.45) is 1.01. The molecule has 0 aliphatic rings. The maximum absolute atomic E-state index is 11.7. The molecule has 1 aromatic rings. The summed E-state index contributed by atoms with van der Waals surface area (Å²) in [6.45, 7) is 3.27. The molecule has 0 spiro atoms. The highest BCUT2D eigenvalue weighted by Gasteiger charge is 2.18. The van der Waals surface area contributed by atoms with Gasteiger partial charge in [0.05, 0.1) is 0 Å². The molecular weight excluding hydrogens is 260 g/mol. The van der Waals surface area contributed by atoms with Crippen molar-refractivity contribution in [2.24, 2.45) is 0 Å². The maximum Gasteiger partial charge on any atom is 0.326 e. The molecule has 0 aromatic heterocycles. The van der Waals surface area contributed by atoms with Crippen LogP contribution < -0.4 is 10.6 Å². The van der Waals surface area contributed by atoms with Crippen molar-refractivity contribution in [3.05, 3.63) is 29.8 Å². The molecule has 1 atom stereocenters. The average Bonchev–Trinajstić information content (AvgIpc) is 2.38. The van der Waals surface area contributed by atoms with Crippen molar-refractivity contribution in [2.45, 2.75) is 32.7 Å². The molecule has 20 heavy (non-hydrogen) atoms. The molecule has 3 N–H and O–H groups in total. The Balaban J connectivity index is 2.68. The first-order valence-corrected chi connectivity index (χ1v) is 6.35. The SMILES string of the molecule is CCC[C@H](NC(=O)Nc1cccc(C(C)=O)c1)C(=O)O. The number of carboxylic acid groups (broad SMARTS) is 1. The van der Waals surface area contributed by atoms with Gasteiger partial charge in [0.25, 0.3) is 0 Å². The van der Waals surface area contributed by atoms with Crippen LogP contribution in [0.3, 0.4) is 0 Å². The number of carbonyl (C=O) groups is 3. The van der Waals surface area contributed by atoms with Crippen molar-refractivity contribution >= 4 is 23.5 Å². The molecule has 1 aromatic carbocycles. The van der Waals surface area contributed by atoms with Gasteiger partial charge in [-0.2, -0.15) is 0 Å². The summed E-state index contributed by atoms with van der Waals surface area (Å²) in [5, 5.41) is 13.8. The van der Waals surface area contributed by atoms with E-state index in [1.54, 1.807) is 18.2 Å². The molecule has 0 radical (unpaired) electrons. The molecule has 0 unspecified atom stereocenters. The van der Waals surface area contributed by atoms with Gasteiger partial charge in [0.15, 0.2) is 5.78 Å². The quantitative estimate of drug-likeness (QED) is 0.695. The minimum absolute atomic E-state index is 0.108. The van der Waals surface area contributed by atoms with Gasteiger partial charge in [-0.25, -0.2) is 9.59 Å². The van der Waals surface area contributed by atoms with Crippen molar-refractivity contribution in [1.82, 2.24) is 5.32 Å². The second kappa shape index (κ2) is 7.28. The van der Waals surface area contributed by atoms with E-state index in [4.69, 9.17) is 5.11 Å². The molecule has 0 bridgehead atoms. The Hall–Kier alpha value is -2.37. The summed E-state index contributed by atoms with van der Waals surface area (Å²) >= 11 is 0. The standard InChI is InChI=1S/C14H18N2O4/c1-3-5-12(13(18)19)16-14(20)15-11-7-4-6-10(8-11)9(2)17/h4,6-8,12H,3,5H2,1-2H3,(H,18,19)(H2,15,16,20)/t12-/m0/s1. The zero-order valence-electron chi connectivity index (χ0n) is 11.5. The Morgan fingerprint density at radius 3 is 2.55 bits per heavy atom. The van der Waals surface area contributed by atoms with Crippen LogP contribution in [0, 0.1) is 0 Å². The van der Waals surface area contributed by atoms with Crippen LogP contribution >= 0.6 is 0 Å². The number of carbonyl (C=O) groups excluding carboxylic acids is 2. The number of hydrogen-bond donors (Lipinski definition) is 3. The number of anilines is 1. The summed E-state index contributed by atoms with van der Waals surface area (Å²) in [6, 6.07) is 4.93. The number of ketones is 1. The van der Waals surface area contributed by atoms with Crippen molar-refractivity contribution in [2.75, 3.05) is 5.32 Å². The summed E-state index contributed by atoms with van der Waals surface area (Å²) in [7, 11) is 0. The number of rotatable bonds is 6. The number of hydrogen-bond acceptors (Lipinski definition) is 3. The largest absolute Gasteiger partial charge is 0.480 e. The van der Waals surface area contributed by atoms with E-state index in [9.17, 15) is 14.4 Å². The molecule has 0 fully saturated rings. The molecule has 0 aliphatic heterocycles. The number of nitrogens with one attached hydrogen (secondary N) is 2. The van der Waals surface area contributed by atoms with E-state index in [-0.39, 0.29) is 5.78 Å². The van der Waals surface area contributed by atoms with E-state index in [2.05, 4.69) is 10.6 Å². The Labute approximate surface area is 117 Å². The van der Waals surface area contributed by atoms with Crippen molar-refractivity contribution in [3.63, 3.8) is 0 Å². The van der Waals surface area contributed by atoms with E-state index >= 15 is 0 Å². The number of urea groups is 1. The van der Waals surface area contributed by atoms with Crippen LogP contribution in [0.5, 0.6) is 0 Å². The predicted octanol–water partition coefficient (Wildman–Crippen LogP) is 2.26. The molecule has 1 rings (SSSR count). The first kappa shape index (κ1) is 15.7. The van der Waals surface area contributed by atoms with Gasteiger partial charge in [0.2, 0.25) is 0 Å². The molecule has 0 saturated carbocycles. The number of Topliss-reactive ketones (excluding diaryl/α,β-unsaturated/α-hetero) is 1. The summed E-state index contributed by atoms with van der Waals surface area (Å²) in [5.74, 6) is -1.18. The third kappa shape index (κ3) is 4.72. The normalized spacial score (nSPS) is 11.5. The van der Waals surface area contributed by atoms with Crippen LogP contribution in [0.4, 0.5) is 10.5 Å². The predicted molar refractivity (Wildman–Crippen MR) is 74.9 cm³/mol. The topological polar surface area (TPSA) is 95.5 Å². The number of carboxylic acids is 1. The minimum Gasteiger partial charge on any atom is -0.480 e. The van der Waals surface area contributed by atoms with Crippen LogP contribution in [0.2, 0.25) is 0 Å². The minimum atomic E-state index is -1.07. The Morgan fingerprint density at radius 1 is 1.30 bits per heavy atom. The van der Waals surface area contributed by atoms with Gasteiger partial charge < -0.3 is 15.7 Å². The van der Waals surface area contributed by atoms with Crippen LogP contribution in [-0.4, -0.2) is 28.9 Å². The van der Waals surface area contributed by atoms with E-state index in [1.807, 2.05) is 6.92 Å². The maximum atomic E-state index is 11.7. The summed E-state index contributed by atoms with van der Waals surface area (Å²) in [5.41, 5.74) is 0.919. The highest BCUT2D eigenvalue weighted by Crippen LogP contribution is 2.11. The Bertz CT molecular complexity index is 514. The van der Waals surface area contributed by atoms with Crippen molar-refractivity contribution in [1.29, 1.82) is 0 Å². The summed E-state index contributed by atoms with van der Waals surface area (Å²) in [4.78, 5) is 33.9. The lowest BCUT2D eigenvalue weighted by atomic mass is 10.1. The monoisotopic (exact) mass is 278 g/mol. The first-order valence-electron chi connectivity index (χ1n) is 6.35. The van der Waals surface area contributed by atoms with Crippen LogP contribution in [-0.2, 0) is 4.79 Å². The average molecular weight is 278 g/mol. The van der Waals surface area contributed by atoms with Crippen molar-refractivity contribution in [3.8, 4) is 0 Å².